The molecule has 0 radical (unpaired) electrons. The third kappa shape index (κ3) is 3.06. The van der Waals surface area contributed by atoms with Crippen LogP contribution in [0.1, 0.15) is 15.4 Å². The molecule has 0 aliphatic rings. The monoisotopic (exact) mass is 363 g/mol. The normalized spacial score (nSPS) is 10.7. The molecule has 4 nitrogen and oxygen atoms in total. The van der Waals surface area contributed by atoms with Gasteiger partial charge in [0.25, 0.3) is 0 Å². The quantitative estimate of drug-likeness (QED) is 0.748. The number of aromatic nitrogens is 1. The lowest BCUT2D eigenvalue weighted by Gasteiger charge is -2.08. The second-order valence-electron chi connectivity index (χ2n) is 4.31. The van der Waals surface area contributed by atoms with E-state index in [4.69, 9.17) is 9.84 Å². The lowest BCUT2D eigenvalue weighted by molar-refractivity contribution is 0.0691. The molecule has 0 saturated carbocycles. The molecule has 1 heterocycles. The van der Waals surface area contributed by atoms with Gasteiger partial charge in [0.2, 0.25) is 0 Å². The second kappa shape index (κ2) is 5.83. The van der Waals surface area contributed by atoms with E-state index >= 15 is 0 Å². The molecule has 0 saturated heterocycles. The molecule has 1 aromatic heterocycles. The largest absolute Gasteiger partial charge is 0.485 e. The van der Waals surface area contributed by atoms with Gasteiger partial charge in [0, 0.05) is 4.47 Å². The first kappa shape index (κ1) is 14.0. The van der Waals surface area contributed by atoms with Crippen LogP contribution in [0.3, 0.4) is 0 Å². The van der Waals surface area contributed by atoms with E-state index in [1.807, 2.05) is 24.3 Å². The lowest BCUT2D eigenvalue weighted by atomic mass is 10.2. The molecular weight excluding hydrogens is 354 g/mol. The molecule has 0 unspecified atom stereocenters. The number of benzene rings is 2. The van der Waals surface area contributed by atoms with Crippen molar-refractivity contribution in [3.63, 3.8) is 0 Å². The van der Waals surface area contributed by atoms with E-state index < -0.39 is 5.97 Å². The van der Waals surface area contributed by atoms with E-state index in [9.17, 15) is 4.79 Å². The van der Waals surface area contributed by atoms with E-state index in [0.717, 1.165) is 19.7 Å². The predicted molar refractivity (Wildman–Crippen MR) is 85.1 cm³/mol. The molecule has 0 amide bonds. The van der Waals surface area contributed by atoms with Crippen LogP contribution in [0.15, 0.2) is 46.9 Å². The number of hydrogen-bond donors (Lipinski definition) is 1. The zero-order chi connectivity index (χ0) is 14.8. The number of carboxylic acid groups (broad SMARTS) is 1. The Hall–Kier alpha value is -1.92. The fraction of sp³-hybridized carbons (Fsp3) is 0.0667. The van der Waals surface area contributed by atoms with Crippen molar-refractivity contribution in [3.05, 3.63) is 57.5 Å². The number of carbonyl (C=O) groups is 1. The first-order valence-electron chi connectivity index (χ1n) is 6.13. The van der Waals surface area contributed by atoms with E-state index in [2.05, 4.69) is 20.9 Å². The van der Waals surface area contributed by atoms with Gasteiger partial charge in [0.15, 0.2) is 0 Å². The Bertz CT molecular complexity index is 783. The minimum Gasteiger partial charge on any atom is -0.485 e. The van der Waals surface area contributed by atoms with E-state index in [-0.39, 0.29) is 12.2 Å². The zero-order valence-corrected chi connectivity index (χ0v) is 13.1. The summed E-state index contributed by atoms with van der Waals surface area (Å²) in [6.07, 6.45) is 0. The fourth-order valence-electron chi connectivity index (χ4n) is 1.91. The molecule has 0 bridgehead atoms. The molecule has 3 aromatic rings. The molecule has 0 spiro atoms. The summed E-state index contributed by atoms with van der Waals surface area (Å²) in [6, 6.07) is 12.7. The molecule has 0 aliphatic heterocycles. The lowest BCUT2D eigenvalue weighted by Crippen LogP contribution is -2.03. The third-order valence-electron chi connectivity index (χ3n) is 2.86. The minimum absolute atomic E-state index is 0.138. The van der Waals surface area contributed by atoms with Gasteiger partial charge in [-0.1, -0.05) is 28.1 Å². The molecule has 21 heavy (non-hydrogen) atoms. The molecule has 0 atom stereocenters. The van der Waals surface area contributed by atoms with Crippen LogP contribution in [0, 0.1) is 0 Å². The molecule has 0 fully saturated rings. The highest BCUT2D eigenvalue weighted by Gasteiger charge is 2.12. The van der Waals surface area contributed by atoms with Crippen LogP contribution < -0.4 is 4.74 Å². The van der Waals surface area contributed by atoms with Gasteiger partial charge in [0.1, 0.15) is 22.9 Å². The molecule has 6 heteroatoms. The number of para-hydroxylation sites is 1. The Morgan fingerprint density at radius 1 is 1.29 bits per heavy atom. The SMILES string of the molecule is O=C(O)c1ccc(Br)cc1OCc1nc2ccccc2s1. The number of hydrogen-bond acceptors (Lipinski definition) is 4. The van der Waals surface area contributed by atoms with Crippen molar-refractivity contribution in [2.24, 2.45) is 0 Å². The average molecular weight is 364 g/mol. The molecular formula is C15H10BrNO3S. The Kier molecular flexibility index (Phi) is 3.90. The predicted octanol–water partition coefficient (Wildman–Crippen LogP) is 4.34. The summed E-state index contributed by atoms with van der Waals surface area (Å²) in [5, 5.41) is 9.97. The van der Waals surface area contributed by atoms with E-state index in [1.165, 1.54) is 17.4 Å². The van der Waals surface area contributed by atoms with E-state index in [1.54, 1.807) is 12.1 Å². The van der Waals surface area contributed by atoms with Crippen LogP contribution in [-0.4, -0.2) is 16.1 Å². The highest BCUT2D eigenvalue weighted by atomic mass is 79.9. The Morgan fingerprint density at radius 2 is 2.10 bits per heavy atom. The van der Waals surface area contributed by atoms with Crippen LogP contribution in [0.5, 0.6) is 5.75 Å². The molecule has 0 aliphatic carbocycles. The highest BCUT2D eigenvalue weighted by Crippen LogP contribution is 2.27. The molecule has 3 rings (SSSR count). The summed E-state index contributed by atoms with van der Waals surface area (Å²) in [5.41, 5.74) is 1.06. The number of fused-ring (bicyclic) bond motifs is 1. The average Bonchev–Trinajstić information content (AvgIpc) is 2.87. The first-order chi connectivity index (χ1) is 10.1. The van der Waals surface area contributed by atoms with Gasteiger partial charge in [-0.15, -0.1) is 11.3 Å². The second-order valence-corrected chi connectivity index (χ2v) is 6.34. The summed E-state index contributed by atoms with van der Waals surface area (Å²) in [5.74, 6) is -0.682. The van der Waals surface area contributed by atoms with Crippen molar-refractivity contribution in [1.29, 1.82) is 0 Å². The van der Waals surface area contributed by atoms with Crippen LogP contribution in [0.2, 0.25) is 0 Å². The summed E-state index contributed by atoms with van der Waals surface area (Å²) >= 11 is 4.85. The summed E-state index contributed by atoms with van der Waals surface area (Å²) < 4.78 is 7.49. The zero-order valence-electron chi connectivity index (χ0n) is 10.7. The van der Waals surface area contributed by atoms with Crippen molar-refractivity contribution in [2.45, 2.75) is 6.61 Å². The Balaban J connectivity index is 1.84. The van der Waals surface area contributed by atoms with Crippen molar-refractivity contribution >= 4 is 43.5 Å². The van der Waals surface area contributed by atoms with Crippen molar-refractivity contribution < 1.29 is 14.6 Å². The number of rotatable bonds is 4. The van der Waals surface area contributed by atoms with Crippen LogP contribution in [0.4, 0.5) is 0 Å². The van der Waals surface area contributed by atoms with Crippen LogP contribution in [0.25, 0.3) is 10.2 Å². The Labute approximate surface area is 133 Å². The molecule has 1 N–H and O–H groups in total. The highest BCUT2D eigenvalue weighted by molar-refractivity contribution is 9.10. The van der Waals surface area contributed by atoms with Crippen molar-refractivity contribution in [2.75, 3.05) is 0 Å². The van der Waals surface area contributed by atoms with Gasteiger partial charge in [0.05, 0.1) is 10.2 Å². The van der Waals surface area contributed by atoms with Gasteiger partial charge in [-0.05, 0) is 30.3 Å². The number of aromatic carboxylic acids is 1. The summed E-state index contributed by atoms with van der Waals surface area (Å²) in [7, 11) is 0. The van der Waals surface area contributed by atoms with Gasteiger partial charge >= 0.3 is 5.97 Å². The topological polar surface area (TPSA) is 59.4 Å². The number of nitrogens with zero attached hydrogens (tertiary/aromatic N) is 1. The van der Waals surface area contributed by atoms with Crippen molar-refractivity contribution in [3.8, 4) is 5.75 Å². The van der Waals surface area contributed by atoms with Gasteiger partial charge in [-0.3, -0.25) is 0 Å². The smallest absolute Gasteiger partial charge is 0.339 e. The van der Waals surface area contributed by atoms with Gasteiger partial charge in [-0.25, -0.2) is 9.78 Å². The summed E-state index contributed by atoms with van der Waals surface area (Å²) in [4.78, 5) is 15.6. The van der Waals surface area contributed by atoms with Crippen molar-refractivity contribution in [1.82, 2.24) is 4.98 Å². The van der Waals surface area contributed by atoms with Gasteiger partial charge < -0.3 is 9.84 Å². The standard InChI is InChI=1S/C15H10BrNO3S/c16-9-5-6-10(15(18)19)12(7-9)20-8-14-17-11-3-1-2-4-13(11)21-14/h1-7H,8H2,(H,18,19). The Morgan fingerprint density at radius 3 is 2.86 bits per heavy atom. The maximum Gasteiger partial charge on any atom is 0.339 e. The summed E-state index contributed by atoms with van der Waals surface area (Å²) in [6.45, 7) is 0.246. The van der Waals surface area contributed by atoms with Crippen LogP contribution in [-0.2, 0) is 6.61 Å². The number of thiazole rings is 1. The van der Waals surface area contributed by atoms with Gasteiger partial charge in [-0.2, -0.15) is 0 Å². The fourth-order valence-corrected chi connectivity index (χ4v) is 3.13. The first-order valence-corrected chi connectivity index (χ1v) is 7.74. The molecule has 2 aromatic carbocycles. The molecule has 106 valence electrons. The van der Waals surface area contributed by atoms with Crippen LogP contribution >= 0.6 is 27.3 Å². The maximum absolute atomic E-state index is 11.2. The van der Waals surface area contributed by atoms with E-state index in [0.29, 0.717) is 5.75 Å². The number of halogens is 1. The minimum atomic E-state index is -1.01. The third-order valence-corrected chi connectivity index (χ3v) is 4.37. The number of ether oxygens (including phenoxy) is 1. The number of carboxylic acids is 1. The maximum atomic E-state index is 11.2.